The van der Waals surface area contributed by atoms with Gasteiger partial charge in [-0.2, -0.15) is 0 Å². The standard InChI is InChI=1S/C19H20N6/c1-12-3-2-4-14(7-12)23-18-17-16(21-11-22-18)9-20-19(24-17)25-10-13-5-6-15(25)8-13/h2-4,7,9,11,13,15H,5-6,8,10H2,1H3,(H,21,22,23). The minimum Gasteiger partial charge on any atom is -0.338 e. The van der Waals surface area contributed by atoms with Crippen molar-refractivity contribution < 1.29 is 0 Å². The highest BCUT2D eigenvalue weighted by atomic mass is 15.3. The maximum atomic E-state index is 4.82. The Hall–Kier alpha value is -2.76. The molecule has 2 fully saturated rings. The summed E-state index contributed by atoms with van der Waals surface area (Å²) in [6.07, 6.45) is 7.25. The van der Waals surface area contributed by atoms with Crippen molar-refractivity contribution in [1.29, 1.82) is 0 Å². The van der Waals surface area contributed by atoms with Crippen molar-refractivity contribution in [2.24, 2.45) is 5.92 Å². The van der Waals surface area contributed by atoms with Gasteiger partial charge in [0.1, 0.15) is 17.4 Å². The number of nitrogens with one attached hydrogen (secondary N) is 1. The van der Waals surface area contributed by atoms with Crippen LogP contribution in [0.15, 0.2) is 36.8 Å². The van der Waals surface area contributed by atoms with Gasteiger partial charge in [0.25, 0.3) is 0 Å². The van der Waals surface area contributed by atoms with Crippen molar-refractivity contribution in [1.82, 2.24) is 19.9 Å². The van der Waals surface area contributed by atoms with Gasteiger partial charge in [-0.3, -0.25) is 0 Å². The van der Waals surface area contributed by atoms with Gasteiger partial charge < -0.3 is 10.2 Å². The highest BCUT2D eigenvalue weighted by Crippen LogP contribution is 2.39. The summed E-state index contributed by atoms with van der Waals surface area (Å²) >= 11 is 0. The van der Waals surface area contributed by atoms with Crippen LogP contribution in [0.25, 0.3) is 11.0 Å². The van der Waals surface area contributed by atoms with Crippen LogP contribution in [0.3, 0.4) is 0 Å². The molecule has 1 aliphatic heterocycles. The molecule has 25 heavy (non-hydrogen) atoms. The van der Waals surface area contributed by atoms with Crippen LogP contribution in [0.4, 0.5) is 17.5 Å². The molecule has 1 saturated heterocycles. The van der Waals surface area contributed by atoms with E-state index in [1.54, 1.807) is 6.33 Å². The fourth-order valence-electron chi connectivity index (χ4n) is 4.10. The summed E-state index contributed by atoms with van der Waals surface area (Å²) in [7, 11) is 0. The Balaban J connectivity index is 1.53. The van der Waals surface area contributed by atoms with Crippen LogP contribution in [0, 0.1) is 12.8 Å². The van der Waals surface area contributed by atoms with E-state index in [-0.39, 0.29) is 0 Å². The summed E-state index contributed by atoms with van der Waals surface area (Å²) < 4.78 is 0. The summed E-state index contributed by atoms with van der Waals surface area (Å²) in [6, 6.07) is 8.83. The molecule has 1 aromatic carbocycles. The molecule has 2 aliphatic rings. The molecule has 0 amide bonds. The molecular weight excluding hydrogens is 312 g/mol. The predicted octanol–water partition coefficient (Wildman–Crippen LogP) is 3.46. The number of aromatic nitrogens is 4. The number of fused-ring (bicyclic) bond motifs is 3. The average molecular weight is 332 g/mol. The quantitative estimate of drug-likeness (QED) is 0.792. The van der Waals surface area contributed by atoms with Crippen molar-refractivity contribution >= 4 is 28.5 Å². The Morgan fingerprint density at radius 1 is 1.16 bits per heavy atom. The zero-order chi connectivity index (χ0) is 16.8. The number of aryl methyl sites for hydroxylation is 1. The smallest absolute Gasteiger partial charge is 0.226 e. The number of hydrogen-bond acceptors (Lipinski definition) is 6. The predicted molar refractivity (Wildman–Crippen MR) is 98.1 cm³/mol. The van der Waals surface area contributed by atoms with E-state index in [0.29, 0.717) is 6.04 Å². The molecule has 5 rings (SSSR count). The molecule has 6 nitrogen and oxygen atoms in total. The van der Waals surface area contributed by atoms with Crippen LogP contribution in [0.1, 0.15) is 24.8 Å². The second kappa shape index (κ2) is 5.65. The van der Waals surface area contributed by atoms with Gasteiger partial charge >= 0.3 is 0 Å². The van der Waals surface area contributed by atoms with Gasteiger partial charge in [-0.15, -0.1) is 0 Å². The number of hydrogen-bond donors (Lipinski definition) is 1. The lowest BCUT2D eigenvalue weighted by molar-refractivity contribution is 0.547. The second-order valence-corrected chi connectivity index (χ2v) is 7.11. The Bertz CT molecular complexity index is 940. The highest BCUT2D eigenvalue weighted by Gasteiger charge is 2.39. The molecule has 0 radical (unpaired) electrons. The van der Waals surface area contributed by atoms with Crippen LogP contribution in [0.5, 0.6) is 0 Å². The maximum absolute atomic E-state index is 4.82. The third-order valence-electron chi connectivity index (χ3n) is 5.31. The van der Waals surface area contributed by atoms with Crippen molar-refractivity contribution in [3.8, 4) is 0 Å². The van der Waals surface area contributed by atoms with Crippen molar-refractivity contribution in [2.45, 2.75) is 32.2 Å². The van der Waals surface area contributed by atoms with E-state index >= 15 is 0 Å². The SMILES string of the molecule is Cc1cccc(Nc2ncnc3cnc(N4CC5CCC4C5)nc23)c1. The lowest BCUT2D eigenvalue weighted by Gasteiger charge is -2.26. The first-order valence-corrected chi connectivity index (χ1v) is 8.84. The van der Waals surface area contributed by atoms with E-state index in [1.165, 1.54) is 24.8 Å². The highest BCUT2D eigenvalue weighted by molar-refractivity contribution is 5.87. The number of nitrogens with zero attached hydrogens (tertiary/aromatic N) is 5. The zero-order valence-electron chi connectivity index (χ0n) is 14.2. The fraction of sp³-hybridized carbons (Fsp3) is 0.368. The van der Waals surface area contributed by atoms with Crippen molar-refractivity contribution in [2.75, 3.05) is 16.8 Å². The minimum absolute atomic E-state index is 0.597. The van der Waals surface area contributed by atoms with Crippen molar-refractivity contribution in [3.63, 3.8) is 0 Å². The van der Waals surface area contributed by atoms with E-state index in [1.807, 2.05) is 18.3 Å². The van der Waals surface area contributed by atoms with E-state index in [4.69, 9.17) is 4.98 Å². The minimum atomic E-state index is 0.597. The van der Waals surface area contributed by atoms with Gasteiger partial charge in [-0.25, -0.2) is 19.9 Å². The monoisotopic (exact) mass is 332 g/mol. The second-order valence-electron chi connectivity index (χ2n) is 7.11. The molecular formula is C19H20N6. The number of piperidine rings is 1. The van der Waals surface area contributed by atoms with Crippen LogP contribution in [-0.4, -0.2) is 32.5 Å². The van der Waals surface area contributed by atoms with E-state index < -0.39 is 0 Å². The van der Waals surface area contributed by atoms with Gasteiger partial charge in [-0.1, -0.05) is 12.1 Å². The normalized spacial score (nSPS) is 21.9. The van der Waals surface area contributed by atoms with Crippen LogP contribution >= 0.6 is 0 Å². The first kappa shape index (κ1) is 14.6. The number of anilines is 3. The lowest BCUT2D eigenvalue weighted by Crippen LogP contribution is -2.33. The topological polar surface area (TPSA) is 66.8 Å². The lowest BCUT2D eigenvalue weighted by atomic mass is 10.1. The maximum Gasteiger partial charge on any atom is 0.226 e. The Kier molecular flexibility index (Phi) is 3.29. The summed E-state index contributed by atoms with van der Waals surface area (Å²) in [5.74, 6) is 2.34. The van der Waals surface area contributed by atoms with Gasteiger partial charge in [-0.05, 0) is 49.8 Å². The van der Waals surface area contributed by atoms with Gasteiger partial charge in [0.05, 0.1) is 6.20 Å². The molecule has 2 unspecified atom stereocenters. The summed E-state index contributed by atoms with van der Waals surface area (Å²) in [5.41, 5.74) is 3.74. The molecule has 1 N–H and O–H groups in total. The third kappa shape index (κ3) is 2.58. The third-order valence-corrected chi connectivity index (χ3v) is 5.31. The van der Waals surface area contributed by atoms with Crippen LogP contribution in [0.2, 0.25) is 0 Å². The van der Waals surface area contributed by atoms with Crippen LogP contribution in [-0.2, 0) is 0 Å². The first-order valence-electron chi connectivity index (χ1n) is 8.84. The first-order chi connectivity index (χ1) is 12.3. The van der Waals surface area contributed by atoms with Crippen molar-refractivity contribution in [3.05, 3.63) is 42.4 Å². The Morgan fingerprint density at radius 2 is 2.12 bits per heavy atom. The van der Waals surface area contributed by atoms with Gasteiger partial charge in [0.15, 0.2) is 5.82 Å². The molecule has 2 bridgehead atoms. The molecule has 1 saturated carbocycles. The molecule has 1 aliphatic carbocycles. The molecule has 3 heterocycles. The molecule has 2 aromatic heterocycles. The molecule has 0 spiro atoms. The van der Waals surface area contributed by atoms with Gasteiger partial charge in [0, 0.05) is 18.3 Å². The van der Waals surface area contributed by atoms with Gasteiger partial charge in [0.2, 0.25) is 5.95 Å². The van der Waals surface area contributed by atoms with E-state index in [2.05, 4.69) is 44.2 Å². The molecule has 2 atom stereocenters. The largest absolute Gasteiger partial charge is 0.338 e. The number of benzene rings is 1. The van der Waals surface area contributed by atoms with E-state index in [9.17, 15) is 0 Å². The Labute approximate surface area is 146 Å². The number of rotatable bonds is 3. The Morgan fingerprint density at radius 3 is 2.92 bits per heavy atom. The fourth-order valence-corrected chi connectivity index (χ4v) is 4.10. The summed E-state index contributed by atoms with van der Waals surface area (Å²) in [6.45, 7) is 3.15. The molecule has 3 aromatic rings. The summed E-state index contributed by atoms with van der Waals surface area (Å²) in [4.78, 5) is 20.5. The zero-order valence-corrected chi connectivity index (χ0v) is 14.2. The van der Waals surface area contributed by atoms with Crippen LogP contribution < -0.4 is 10.2 Å². The van der Waals surface area contributed by atoms with E-state index in [0.717, 1.165) is 40.9 Å². The molecule has 6 heteroatoms. The summed E-state index contributed by atoms with van der Waals surface area (Å²) in [5, 5.41) is 3.38. The molecule has 126 valence electrons. The average Bonchev–Trinajstić information content (AvgIpc) is 3.25.